The summed E-state index contributed by atoms with van der Waals surface area (Å²) in [5, 5.41) is 5.67. The molecule has 22 heavy (non-hydrogen) atoms. The van der Waals surface area contributed by atoms with Crippen LogP contribution in [-0.4, -0.2) is 15.9 Å². The summed E-state index contributed by atoms with van der Waals surface area (Å²) < 4.78 is -0.828. The van der Waals surface area contributed by atoms with Crippen LogP contribution in [0.5, 0.6) is 0 Å². The molecule has 3 nitrogen and oxygen atoms in total. The van der Waals surface area contributed by atoms with Crippen LogP contribution < -0.4 is 10.6 Å². The van der Waals surface area contributed by atoms with Gasteiger partial charge >= 0.3 is 0 Å². The molecule has 2 N–H and O–H groups in total. The Morgan fingerprint density at radius 3 is 2.14 bits per heavy atom. The van der Waals surface area contributed by atoms with E-state index in [1.807, 2.05) is 30.3 Å². The van der Waals surface area contributed by atoms with Crippen molar-refractivity contribution in [3.8, 4) is 0 Å². The van der Waals surface area contributed by atoms with Crippen LogP contribution in [0.1, 0.15) is 10.4 Å². The standard InChI is InChI=1S/C15H12BrCl3N2O/c16-11-8-6-10(7-9-11)13(22)21-14(15(17,18)19)20-12-4-2-1-3-5-12/h1-9,14,20H,(H,21,22)/t14-/m1/s1. The third kappa shape index (κ3) is 5.06. The normalized spacial score (nSPS) is 12.5. The van der Waals surface area contributed by atoms with Gasteiger partial charge in [0.25, 0.3) is 5.91 Å². The maximum atomic E-state index is 12.3. The Morgan fingerprint density at radius 2 is 1.59 bits per heavy atom. The molecule has 0 spiro atoms. The molecule has 0 heterocycles. The van der Waals surface area contributed by atoms with Crippen molar-refractivity contribution in [2.24, 2.45) is 0 Å². The highest BCUT2D eigenvalue weighted by molar-refractivity contribution is 9.10. The van der Waals surface area contributed by atoms with Gasteiger partial charge in [0.05, 0.1) is 0 Å². The number of amides is 1. The maximum absolute atomic E-state index is 12.3. The molecule has 0 aliphatic heterocycles. The summed E-state index contributed by atoms with van der Waals surface area (Å²) in [6.45, 7) is 0. The number of halogens is 4. The van der Waals surface area contributed by atoms with Crippen LogP contribution in [-0.2, 0) is 0 Å². The minimum absolute atomic E-state index is 0.341. The Bertz CT molecular complexity index is 629. The summed E-state index contributed by atoms with van der Waals surface area (Å²) in [7, 11) is 0. The average Bonchev–Trinajstić information content (AvgIpc) is 2.47. The topological polar surface area (TPSA) is 41.1 Å². The lowest BCUT2D eigenvalue weighted by molar-refractivity contribution is 0.0942. The lowest BCUT2D eigenvalue weighted by Gasteiger charge is -2.27. The molecule has 0 aliphatic carbocycles. The van der Waals surface area contributed by atoms with Crippen LogP contribution in [0.25, 0.3) is 0 Å². The molecule has 0 bridgehead atoms. The smallest absolute Gasteiger partial charge is 0.252 e. The van der Waals surface area contributed by atoms with E-state index >= 15 is 0 Å². The first-order valence-electron chi connectivity index (χ1n) is 6.31. The lowest BCUT2D eigenvalue weighted by atomic mass is 10.2. The highest BCUT2D eigenvalue weighted by Crippen LogP contribution is 2.31. The first kappa shape index (κ1) is 17.4. The van der Waals surface area contributed by atoms with Crippen LogP contribution in [0.3, 0.4) is 0 Å². The summed E-state index contributed by atoms with van der Waals surface area (Å²) in [6.07, 6.45) is -0.879. The number of para-hydroxylation sites is 1. The summed E-state index contributed by atoms with van der Waals surface area (Å²) >= 11 is 21.2. The first-order valence-corrected chi connectivity index (χ1v) is 8.24. The average molecular weight is 423 g/mol. The third-order valence-corrected chi connectivity index (χ3v) is 3.98. The number of hydrogen-bond acceptors (Lipinski definition) is 2. The molecule has 0 fully saturated rings. The Balaban J connectivity index is 2.13. The quantitative estimate of drug-likeness (QED) is 0.539. The van der Waals surface area contributed by atoms with E-state index < -0.39 is 9.96 Å². The number of carbonyl (C=O) groups excluding carboxylic acids is 1. The zero-order valence-electron chi connectivity index (χ0n) is 11.2. The molecule has 2 aromatic carbocycles. The van der Waals surface area contributed by atoms with Crippen LogP contribution in [0.2, 0.25) is 0 Å². The van der Waals surface area contributed by atoms with E-state index in [9.17, 15) is 4.79 Å². The highest BCUT2D eigenvalue weighted by atomic mass is 79.9. The van der Waals surface area contributed by atoms with E-state index in [-0.39, 0.29) is 5.91 Å². The minimum Gasteiger partial charge on any atom is -0.362 e. The van der Waals surface area contributed by atoms with Gasteiger partial charge in [-0.2, -0.15) is 0 Å². The predicted octanol–water partition coefficient (Wildman–Crippen LogP) is 4.99. The van der Waals surface area contributed by atoms with Crippen molar-refractivity contribution >= 4 is 62.3 Å². The maximum Gasteiger partial charge on any atom is 0.252 e. The van der Waals surface area contributed by atoms with Gasteiger partial charge in [-0.15, -0.1) is 0 Å². The van der Waals surface area contributed by atoms with Gasteiger partial charge in [0, 0.05) is 15.7 Å². The second-order valence-electron chi connectivity index (χ2n) is 4.47. The van der Waals surface area contributed by atoms with Crippen molar-refractivity contribution in [2.75, 3.05) is 5.32 Å². The van der Waals surface area contributed by atoms with Crippen LogP contribution in [0, 0.1) is 0 Å². The summed E-state index contributed by atoms with van der Waals surface area (Å²) in [5.41, 5.74) is 1.20. The molecule has 1 amide bonds. The molecule has 0 aromatic heterocycles. The molecule has 0 unspecified atom stereocenters. The van der Waals surface area contributed by atoms with Gasteiger partial charge in [-0.05, 0) is 36.4 Å². The van der Waals surface area contributed by atoms with E-state index in [0.29, 0.717) is 5.56 Å². The molecule has 1 atom stereocenters. The zero-order chi connectivity index (χ0) is 16.2. The Kier molecular flexibility index (Phi) is 5.98. The van der Waals surface area contributed by atoms with Gasteiger partial charge in [-0.1, -0.05) is 68.9 Å². The van der Waals surface area contributed by atoms with Crippen molar-refractivity contribution in [1.82, 2.24) is 5.32 Å². The van der Waals surface area contributed by atoms with Gasteiger partial charge in [0.15, 0.2) is 0 Å². The number of rotatable bonds is 4. The zero-order valence-corrected chi connectivity index (χ0v) is 15.0. The monoisotopic (exact) mass is 420 g/mol. The fourth-order valence-electron chi connectivity index (χ4n) is 1.72. The number of carbonyl (C=O) groups is 1. The van der Waals surface area contributed by atoms with Gasteiger partial charge in [0.1, 0.15) is 6.17 Å². The van der Waals surface area contributed by atoms with Gasteiger partial charge < -0.3 is 10.6 Å². The van der Waals surface area contributed by atoms with Crippen molar-refractivity contribution < 1.29 is 4.79 Å². The number of benzene rings is 2. The Morgan fingerprint density at radius 1 is 1.00 bits per heavy atom. The Labute approximate surface area is 152 Å². The summed E-state index contributed by atoms with van der Waals surface area (Å²) in [6, 6.07) is 16.1. The number of hydrogen-bond donors (Lipinski definition) is 2. The molecular formula is C15H12BrCl3N2O. The number of alkyl halides is 3. The minimum atomic E-state index is -1.71. The van der Waals surface area contributed by atoms with Gasteiger partial charge in [0.2, 0.25) is 3.79 Å². The van der Waals surface area contributed by atoms with E-state index in [1.165, 1.54) is 0 Å². The van der Waals surface area contributed by atoms with Crippen LogP contribution in [0.4, 0.5) is 5.69 Å². The fourth-order valence-corrected chi connectivity index (χ4v) is 2.31. The van der Waals surface area contributed by atoms with Crippen LogP contribution in [0.15, 0.2) is 59.1 Å². The van der Waals surface area contributed by atoms with E-state index in [2.05, 4.69) is 26.6 Å². The molecule has 2 aromatic rings. The molecule has 0 saturated carbocycles. The molecule has 2 rings (SSSR count). The van der Waals surface area contributed by atoms with E-state index in [0.717, 1.165) is 10.2 Å². The molecule has 0 aliphatic rings. The molecular weight excluding hydrogens is 410 g/mol. The number of anilines is 1. The van der Waals surface area contributed by atoms with Crippen molar-refractivity contribution in [1.29, 1.82) is 0 Å². The summed E-state index contributed by atoms with van der Waals surface area (Å²) in [5.74, 6) is -0.341. The second kappa shape index (κ2) is 7.55. The molecule has 116 valence electrons. The molecule has 0 radical (unpaired) electrons. The molecule has 0 saturated heterocycles. The Hall–Kier alpha value is -0.940. The lowest BCUT2D eigenvalue weighted by Crippen LogP contribution is -2.49. The van der Waals surface area contributed by atoms with Crippen molar-refractivity contribution in [3.63, 3.8) is 0 Å². The second-order valence-corrected chi connectivity index (χ2v) is 7.75. The fraction of sp³-hybridized carbons (Fsp3) is 0.133. The van der Waals surface area contributed by atoms with Gasteiger partial charge in [-0.3, -0.25) is 4.79 Å². The van der Waals surface area contributed by atoms with Crippen molar-refractivity contribution in [2.45, 2.75) is 9.96 Å². The van der Waals surface area contributed by atoms with Gasteiger partial charge in [-0.25, -0.2) is 0 Å². The summed E-state index contributed by atoms with van der Waals surface area (Å²) in [4.78, 5) is 12.3. The predicted molar refractivity (Wildman–Crippen MR) is 95.8 cm³/mol. The van der Waals surface area contributed by atoms with Crippen LogP contribution >= 0.6 is 50.7 Å². The van der Waals surface area contributed by atoms with E-state index in [1.54, 1.807) is 24.3 Å². The number of nitrogens with one attached hydrogen (secondary N) is 2. The molecule has 7 heteroatoms. The highest BCUT2D eigenvalue weighted by Gasteiger charge is 2.34. The SMILES string of the molecule is O=C(N[C@@H](Nc1ccccc1)C(Cl)(Cl)Cl)c1ccc(Br)cc1. The first-order chi connectivity index (χ1) is 10.4. The van der Waals surface area contributed by atoms with Crippen molar-refractivity contribution in [3.05, 3.63) is 64.6 Å². The van der Waals surface area contributed by atoms with E-state index in [4.69, 9.17) is 34.8 Å². The largest absolute Gasteiger partial charge is 0.362 e. The third-order valence-electron chi connectivity index (χ3n) is 2.79.